The molecule has 21 heavy (non-hydrogen) atoms. The highest BCUT2D eigenvalue weighted by molar-refractivity contribution is 9.09. The average molecular weight is 383 g/mol. The van der Waals surface area contributed by atoms with E-state index in [1.807, 2.05) is 0 Å². The van der Waals surface area contributed by atoms with E-state index in [0.717, 1.165) is 7.11 Å². The predicted molar refractivity (Wildman–Crippen MR) is 79.4 cm³/mol. The van der Waals surface area contributed by atoms with Crippen LogP contribution >= 0.6 is 27.5 Å². The van der Waals surface area contributed by atoms with Crippen molar-refractivity contribution in [3.63, 3.8) is 0 Å². The molecule has 0 bridgehead atoms. The summed E-state index contributed by atoms with van der Waals surface area (Å²) in [5.74, 6) is -1.44. The maximum absolute atomic E-state index is 13.5. The molecule has 0 aliphatic rings. The molecule has 0 amide bonds. The number of carbonyl (C=O) groups is 2. The second-order valence-electron chi connectivity index (χ2n) is 4.73. The molecule has 116 valence electrons. The lowest BCUT2D eigenvalue weighted by molar-refractivity contribution is 0.0583. The quantitative estimate of drug-likeness (QED) is 0.327. The van der Waals surface area contributed by atoms with Gasteiger partial charge in [0.05, 0.1) is 12.4 Å². The molecule has 0 aliphatic carbocycles. The van der Waals surface area contributed by atoms with Crippen molar-refractivity contribution >= 4 is 39.3 Å². The summed E-state index contributed by atoms with van der Waals surface area (Å²) in [5.41, 5.74) is -1.81. The molecule has 8 heteroatoms. The smallest absolute Gasteiger partial charge is 0.344 e. The summed E-state index contributed by atoms with van der Waals surface area (Å²) in [4.78, 5) is 27.6. The van der Waals surface area contributed by atoms with E-state index in [1.165, 1.54) is 19.9 Å². The Kier molecular flexibility index (Phi) is 6.10. The summed E-state index contributed by atoms with van der Waals surface area (Å²) >= 11 is 8.83. The molecule has 1 rings (SSSR count). The highest BCUT2D eigenvalue weighted by Crippen LogP contribution is 2.27. The highest BCUT2D eigenvalue weighted by atomic mass is 79.9. The number of pyridine rings is 1. The predicted octanol–water partition coefficient (Wildman–Crippen LogP) is 3.23. The number of aromatic nitrogens is 1. The second kappa shape index (κ2) is 7.17. The van der Waals surface area contributed by atoms with E-state index in [1.54, 1.807) is 0 Å². The van der Waals surface area contributed by atoms with E-state index in [4.69, 9.17) is 16.3 Å². The number of hydrogen-bond acceptors (Lipinski definition) is 5. The monoisotopic (exact) mass is 381 g/mol. The van der Waals surface area contributed by atoms with Crippen molar-refractivity contribution in [1.29, 1.82) is 0 Å². The molecule has 0 unspecified atom stereocenters. The largest absolute Gasteiger partial charge is 0.474 e. The van der Waals surface area contributed by atoms with Gasteiger partial charge < -0.3 is 9.47 Å². The number of hydrogen-bond donors (Lipinski definition) is 0. The van der Waals surface area contributed by atoms with E-state index >= 15 is 0 Å². The van der Waals surface area contributed by atoms with Crippen molar-refractivity contribution in [1.82, 2.24) is 4.98 Å². The Hall–Kier alpha value is -1.21. The number of halogens is 3. The number of nitrogens with zero attached hydrogens (tertiary/aromatic N) is 1. The Balaban J connectivity index is 3.36. The molecule has 1 heterocycles. The van der Waals surface area contributed by atoms with Crippen LogP contribution in [0.3, 0.4) is 0 Å². The van der Waals surface area contributed by atoms with Crippen LogP contribution in [0.5, 0.6) is 5.88 Å². The minimum Gasteiger partial charge on any atom is -0.474 e. The molecule has 0 aliphatic heterocycles. The van der Waals surface area contributed by atoms with Gasteiger partial charge in [-0.25, -0.2) is 14.2 Å². The first-order valence-electron chi connectivity index (χ1n) is 5.89. The molecule has 0 fully saturated rings. The number of ether oxygens (including phenoxy) is 2. The van der Waals surface area contributed by atoms with Gasteiger partial charge in [0, 0.05) is 5.56 Å². The third-order valence-electron chi connectivity index (χ3n) is 2.32. The number of ketones is 1. The normalized spacial score (nSPS) is 11.1. The van der Waals surface area contributed by atoms with Crippen LogP contribution in [0.15, 0.2) is 6.07 Å². The van der Waals surface area contributed by atoms with Crippen LogP contribution < -0.4 is 4.74 Å². The van der Waals surface area contributed by atoms with Crippen LogP contribution in [-0.4, -0.2) is 41.5 Å². The van der Waals surface area contributed by atoms with Gasteiger partial charge in [-0.05, 0) is 19.9 Å². The maximum Gasteiger partial charge on any atom is 0.344 e. The van der Waals surface area contributed by atoms with Gasteiger partial charge in [-0.2, -0.15) is 0 Å². The Morgan fingerprint density at radius 3 is 2.57 bits per heavy atom. The molecule has 0 saturated carbocycles. The van der Waals surface area contributed by atoms with Gasteiger partial charge in [-0.1, -0.05) is 27.5 Å². The first-order chi connectivity index (χ1) is 9.69. The van der Waals surface area contributed by atoms with Gasteiger partial charge in [0.25, 0.3) is 0 Å². The number of Topliss-reactive ketones (excluding diaryl/α,β-unsaturated/α-hetero) is 1. The summed E-state index contributed by atoms with van der Waals surface area (Å²) in [5, 5.41) is -0.0654. The van der Waals surface area contributed by atoms with Gasteiger partial charge in [0.2, 0.25) is 5.88 Å². The fourth-order valence-electron chi connectivity index (χ4n) is 1.43. The number of alkyl halides is 2. The van der Waals surface area contributed by atoms with Crippen molar-refractivity contribution in [2.75, 3.05) is 19.0 Å². The van der Waals surface area contributed by atoms with Crippen LogP contribution in [0.4, 0.5) is 4.39 Å². The van der Waals surface area contributed by atoms with Crippen LogP contribution in [0.2, 0.25) is 5.15 Å². The molecular weight excluding hydrogens is 369 g/mol. The summed E-state index contributed by atoms with van der Waals surface area (Å²) in [6.07, 6.45) is 0. The molecule has 1 aromatic rings. The molecule has 0 radical (unpaired) electrons. The third-order valence-corrected chi connectivity index (χ3v) is 3.02. The Morgan fingerprint density at radius 2 is 2.10 bits per heavy atom. The zero-order valence-corrected chi connectivity index (χ0v) is 14.0. The second-order valence-corrected chi connectivity index (χ2v) is 5.68. The van der Waals surface area contributed by atoms with Gasteiger partial charge in [-0.15, -0.1) is 0 Å². The third kappa shape index (κ3) is 4.93. The standard InChI is InChI=1S/C13H14BrClFNO4/c1-13(2,16)6-21-11-10(12(19)20-3)7(8(18)5-14)4-9(15)17-11/h4H,5-6H2,1-3H3. The minimum absolute atomic E-state index is 0.00499. The summed E-state index contributed by atoms with van der Waals surface area (Å²) < 4.78 is 23.4. The molecule has 0 N–H and O–H groups in total. The zero-order valence-electron chi connectivity index (χ0n) is 11.7. The summed E-state index contributed by atoms with van der Waals surface area (Å²) in [7, 11) is 1.15. The topological polar surface area (TPSA) is 65.5 Å². The van der Waals surface area contributed by atoms with E-state index in [9.17, 15) is 14.0 Å². The Labute approximate surface area is 134 Å². The lowest BCUT2D eigenvalue weighted by Gasteiger charge is -2.17. The van der Waals surface area contributed by atoms with Crippen LogP contribution in [0, 0.1) is 0 Å². The SMILES string of the molecule is COC(=O)c1c(C(=O)CBr)cc(Cl)nc1OCC(C)(C)F. The lowest BCUT2D eigenvalue weighted by atomic mass is 10.1. The first kappa shape index (κ1) is 17.8. The van der Waals surface area contributed by atoms with Crippen LogP contribution in [0.1, 0.15) is 34.6 Å². The van der Waals surface area contributed by atoms with Crippen molar-refractivity contribution < 1.29 is 23.5 Å². The van der Waals surface area contributed by atoms with E-state index in [2.05, 4.69) is 25.7 Å². The van der Waals surface area contributed by atoms with Gasteiger partial charge >= 0.3 is 5.97 Å². The molecule has 0 saturated heterocycles. The van der Waals surface area contributed by atoms with Gasteiger partial charge in [0.1, 0.15) is 23.0 Å². The van der Waals surface area contributed by atoms with Crippen LogP contribution in [0.25, 0.3) is 0 Å². The molecule has 5 nitrogen and oxygen atoms in total. The van der Waals surface area contributed by atoms with Crippen molar-refractivity contribution in [2.24, 2.45) is 0 Å². The van der Waals surface area contributed by atoms with Crippen molar-refractivity contribution in [3.8, 4) is 5.88 Å². The van der Waals surface area contributed by atoms with Crippen molar-refractivity contribution in [2.45, 2.75) is 19.5 Å². The van der Waals surface area contributed by atoms with Gasteiger partial charge in [0.15, 0.2) is 5.78 Å². The van der Waals surface area contributed by atoms with E-state index in [-0.39, 0.29) is 34.1 Å². The molecule has 0 aromatic carbocycles. The first-order valence-corrected chi connectivity index (χ1v) is 7.39. The molecule has 0 spiro atoms. The Morgan fingerprint density at radius 1 is 1.48 bits per heavy atom. The fourth-order valence-corrected chi connectivity index (χ4v) is 1.92. The molecule has 0 atom stereocenters. The Bertz CT molecular complexity index is 560. The maximum atomic E-state index is 13.5. The summed E-state index contributed by atoms with van der Waals surface area (Å²) in [6.45, 7) is 2.26. The average Bonchev–Trinajstić information content (AvgIpc) is 2.41. The van der Waals surface area contributed by atoms with E-state index < -0.39 is 17.4 Å². The summed E-state index contributed by atoms with van der Waals surface area (Å²) in [6, 6.07) is 1.24. The number of carbonyl (C=O) groups excluding carboxylic acids is 2. The van der Waals surface area contributed by atoms with E-state index in [0.29, 0.717) is 0 Å². The zero-order chi connectivity index (χ0) is 16.2. The number of rotatable bonds is 6. The lowest BCUT2D eigenvalue weighted by Crippen LogP contribution is -2.24. The minimum atomic E-state index is -1.64. The number of methoxy groups -OCH3 is 1. The number of esters is 1. The van der Waals surface area contributed by atoms with Gasteiger partial charge in [-0.3, -0.25) is 4.79 Å². The molecular formula is C13H14BrClFNO4. The fraction of sp³-hybridized carbons (Fsp3) is 0.462. The van der Waals surface area contributed by atoms with Crippen molar-refractivity contribution in [3.05, 3.63) is 22.3 Å². The molecule has 1 aromatic heterocycles. The highest BCUT2D eigenvalue weighted by Gasteiger charge is 2.26. The van der Waals surface area contributed by atoms with Crippen LogP contribution in [-0.2, 0) is 4.74 Å².